The van der Waals surface area contributed by atoms with E-state index in [-0.39, 0.29) is 5.75 Å². The van der Waals surface area contributed by atoms with E-state index < -0.39 is 0 Å². The van der Waals surface area contributed by atoms with E-state index in [4.69, 9.17) is 5.84 Å². The van der Waals surface area contributed by atoms with E-state index >= 15 is 0 Å². The summed E-state index contributed by atoms with van der Waals surface area (Å²) in [6.07, 6.45) is 3.51. The number of hydrogen-bond acceptors (Lipinski definition) is 3. The Bertz CT molecular complexity index is 343. The molecule has 0 saturated heterocycles. The Morgan fingerprint density at radius 1 is 1.46 bits per heavy atom. The summed E-state index contributed by atoms with van der Waals surface area (Å²) in [6, 6.07) is 7.08. The molecular formula is C10H12N2O. The van der Waals surface area contributed by atoms with Crippen LogP contribution in [0.5, 0.6) is 5.75 Å². The number of nitrogens with zero attached hydrogens (tertiary/aromatic N) is 1. The number of hydrogen-bond donors (Lipinski definition) is 2. The lowest BCUT2D eigenvalue weighted by atomic mass is 10.2. The average molecular weight is 176 g/mol. The van der Waals surface area contributed by atoms with Gasteiger partial charge in [0.15, 0.2) is 0 Å². The van der Waals surface area contributed by atoms with Crippen molar-refractivity contribution in [2.75, 3.05) is 0 Å². The van der Waals surface area contributed by atoms with Crippen LogP contribution in [0.2, 0.25) is 0 Å². The molecule has 0 aromatic heterocycles. The second kappa shape index (κ2) is 4.30. The van der Waals surface area contributed by atoms with Crippen molar-refractivity contribution in [3.63, 3.8) is 0 Å². The maximum absolute atomic E-state index is 9.37. The smallest absolute Gasteiger partial charge is 0.122 e. The first-order chi connectivity index (χ1) is 6.24. The van der Waals surface area contributed by atoms with Gasteiger partial charge in [-0.25, -0.2) is 0 Å². The Morgan fingerprint density at radius 3 is 2.77 bits per heavy atom. The van der Waals surface area contributed by atoms with Crippen LogP contribution in [-0.4, -0.2) is 10.8 Å². The van der Waals surface area contributed by atoms with Gasteiger partial charge >= 0.3 is 0 Å². The predicted octanol–water partition coefficient (Wildman–Crippen LogP) is 1.74. The zero-order valence-electron chi connectivity index (χ0n) is 7.44. The summed E-state index contributed by atoms with van der Waals surface area (Å²) in [4.78, 5) is 0. The summed E-state index contributed by atoms with van der Waals surface area (Å²) in [6.45, 7) is 1.79. The minimum Gasteiger partial charge on any atom is -0.507 e. The van der Waals surface area contributed by atoms with E-state index in [1.807, 2.05) is 12.1 Å². The molecule has 0 unspecified atom stereocenters. The third-order valence-electron chi connectivity index (χ3n) is 1.64. The van der Waals surface area contributed by atoms with Gasteiger partial charge in [-0.15, -0.1) is 0 Å². The number of rotatable bonds is 2. The Hall–Kier alpha value is -1.77. The van der Waals surface area contributed by atoms with Crippen LogP contribution in [0.3, 0.4) is 0 Å². The standard InChI is InChI=1S/C10H12N2O/c1-8(12-11)6-7-9-4-2-3-5-10(9)13/h2-7,13H,11H2,1H3/b7-6+,12-8+. The summed E-state index contributed by atoms with van der Waals surface area (Å²) < 4.78 is 0. The number of allylic oxidation sites excluding steroid dienone is 1. The third kappa shape index (κ3) is 2.63. The molecule has 0 aliphatic rings. The molecular weight excluding hydrogens is 164 g/mol. The molecule has 0 heterocycles. The van der Waals surface area contributed by atoms with Crippen LogP contribution in [-0.2, 0) is 0 Å². The van der Waals surface area contributed by atoms with Crippen molar-refractivity contribution < 1.29 is 5.11 Å². The average Bonchev–Trinajstić information content (AvgIpc) is 2.16. The number of phenols is 1. The lowest BCUT2D eigenvalue weighted by Crippen LogP contribution is -1.90. The van der Waals surface area contributed by atoms with Crippen LogP contribution in [0.15, 0.2) is 35.4 Å². The van der Waals surface area contributed by atoms with Crippen LogP contribution in [0.25, 0.3) is 6.08 Å². The fourth-order valence-electron chi connectivity index (χ4n) is 0.882. The number of benzene rings is 1. The second-order valence-electron chi connectivity index (χ2n) is 2.66. The lowest BCUT2D eigenvalue weighted by molar-refractivity contribution is 0.474. The zero-order valence-corrected chi connectivity index (χ0v) is 7.44. The van der Waals surface area contributed by atoms with Crippen LogP contribution in [0.4, 0.5) is 0 Å². The molecule has 0 amide bonds. The lowest BCUT2D eigenvalue weighted by Gasteiger charge is -1.96. The number of phenolic OH excluding ortho intramolecular Hbond substituents is 1. The van der Waals surface area contributed by atoms with Crippen molar-refractivity contribution in [3.8, 4) is 5.75 Å². The molecule has 0 aliphatic heterocycles. The van der Waals surface area contributed by atoms with Gasteiger partial charge in [-0.3, -0.25) is 0 Å². The molecule has 3 N–H and O–H groups in total. The van der Waals surface area contributed by atoms with E-state index in [0.717, 1.165) is 5.56 Å². The van der Waals surface area contributed by atoms with Crippen LogP contribution in [0, 0.1) is 0 Å². The Labute approximate surface area is 77.2 Å². The molecule has 3 nitrogen and oxygen atoms in total. The highest BCUT2D eigenvalue weighted by molar-refractivity contribution is 5.96. The van der Waals surface area contributed by atoms with Crippen molar-refractivity contribution in [1.82, 2.24) is 0 Å². The number of hydrazone groups is 1. The fraction of sp³-hybridized carbons (Fsp3) is 0.100. The summed E-state index contributed by atoms with van der Waals surface area (Å²) in [5.41, 5.74) is 1.47. The van der Waals surface area contributed by atoms with Gasteiger partial charge in [0.05, 0.1) is 5.71 Å². The van der Waals surface area contributed by atoms with E-state index in [0.29, 0.717) is 5.71 Å². The molecule has 0 spiro atoms. The van der Waals surface area contributed by atoms with Gasteiger partial charge in [-0.1, -0.05) is 18.2 Å². The van der Waals surface area contributed by atoms with Crippen molar-refractivity contribution >= 4 is 11.8 Å². The summed E-state index contributed by atoms with van der Waals surface area (Å²) in [7, 11) is 0. The number of aromatic hydroxyl groups is 1. The normalized spacial score (nSPS) is 12.2. The summed E-state index contributed by atoms with van der Waals surface area (Å²) >= 11 is 0. The van der Waals surface area contributed by atoms with Crippen LogP contribution in [0.1, 0.15) is 12.5 Å². The molecule has 0 bridgehead atoms. The van der Waals surface area contributed by atoms with E-state index in [2.05, 4.69) is 5.10 Å². The number of para-hydroxylation sites is 1. The fourth-order valence-corrected chi connectivity index (χ4v) is 0.882. The molecule has 0 fully saturated rings. The highest BCUT2D eigenvalue weighted by atomic mass is 16.3. The van der Waals surface area contributed by atoms with Crippen molar-refractivity contribution in [2.45, 2.75) is 6.92 Å². The second-order valence-corrected chi connectivity index (χ2v) is 2.66. The predicted molar refractivity (Wildman–Crippen MR) is 54.4 cm³/mol. The van der Waals surface area contributed by atoms with Crippen LogP contribution >= 0.6 is 0 Å². The van der Waals surface area contributed by atoms with Crippen molar-refractivity contribution in [1.29, 1.82) is 0 Å². The molecule has 0 atom stereocenters. The maximum Gasteiger partial charge on any atom is 0.122 e. The summed E-state index contributed by atoms with van der Waals surface area (Å²) in [5.74, 6) is 5.30. The minimum absolute atomic E-state index is 0.253. The molecule has 0 aliphatic carbocycles. The molecule has 1 aromatic carbocycles. The van der Waals surface area contributed by atoms with Gasteiger partial charge in [0.2, 0.25) is 0 Å². The monoisotopic (exact) mass is 176 g/mol. The molecule has 3 heteroatoms. The van der Waals surface area contributed by atoms with Gasteiger partial charge < -0.3 is 10.9 Å². The Morgan fingerprint density at radius 2 is 2.15 bits per heavy atom. The maximum atomic E-state index is 9.37. The SMILES string of the molecule is CC(/C=C/c1ccccc1O)=N\N. The highest BCUT2D eigenvalue weighted by Crippen LogP contribution is 2.16. The zero-order chi connectivity index (χ0) is 9.68. The molecule has 68 valence electrons. The van der Waals surface area contributed by atoms with Gasteiger partial charge in [-0.05, 0) is 25.1 Å². The third-order valence-corrected chi connectivity index (χ3v) is 1.64. The minimum atomic E-state index is 0.253. The van der Waals surface area contributed by atoms with E-state index in [1.165, 1.54) is 0 Å². The van der Waals surface area contributed by atoms with E-state index in [1.54, 1.807) is 31.2 Å². The van der Waals surface area contributed by atoms with Crippen molar-refractivity contribution in [3.05, 3.63) is 35.9 Å². The molecule has 1 rings (SSSR count). The Balaban J connectivity index is 2.86. The number of nitrogens with two attached hydrogens (primary N) is 1. The molecule has 13 heavy (non-hydrogen) atoms. The largest absolute Gasteiger partial charge is 0.507 e. The van der Waals surface area contributed by atoms with Gasteiger partial charge in [0.1, 0.15) is 5.75 Å². The molecule has 0 saturated carbocycles. The van der Waals surface area contributed by atoms with Crippen molar-refractivity contribution in [2.24, 2.45) is 10.9 Å². The summed E-state index contributed by atoms with van der Waals surface area (Å²) in [5, 5.41) is 12.9. The highest BCUT2D eigenvalue weighted by Gasteiger charge is 1.93. The first kappa shape index (κ1) is 9.32. The quantitative estimate of drug-likeness (QED) is 0.409. The first-order valence-corrected chi connectivity index (χ1v) is 3.94. The topological polar surface area (TPSA) is 58.6 Å². The van der Waals surface area contributed by atoms with Gasteiger partial charge in [0, 0.05) is 5.56 Å². The molecule has 1 aromatic rings. The van der Waals surface area contributed by atoms with Gasteiger partial charge in [0.25, 0.3) is 0 Å². The Kier molecular flexibility index (Phi) is 3.09. The van der Waals surface area contributed by atoms with E-state index in [9.17, 15) is 5.11 Å². The van der Waals surface area contributed by atoms with Crippen LogP contribution < -0.4 is 5.84 Å². The van der Waals surface area contributed by atoms with Gasteiger partial charge in [-0.2, -0.15) is 5.10 Å². The molecule has 0 radical (unpaired) electrons. The first-order valence-electron chi connectivity index (χ1n) is 3.94.